The first-order chi connectivity index (χ1) is 13.4. The first-order valence-corrected chi connectivity index (χ1v) is 12.1. The molecule has 2 unspecified atom stereocenters. The number of fused-ring (bicyclic) bond motifs is 3. The first kappa shape index (κ1) is 20.0. The smallest absolute Gasteiger partial charge is 0.263 e. The lowest BCUT2D eigenvalue weighted by atomic mass is 9.89. The summed E-state index contributed by atoms with van der Waals surface area (Å²) in [5, 5.41) is 4.38. The van der Waals surface area contributed by atoms with Crippen LogP contribution in [0.5, 0.6) is 0 Å². The molecule has 1 amide bonds. The third-order valence-corrected chi connectivity index (χ3v) is 8.07. The molecule has 28 heavy (non-hydrogen) atoms. The van der Waals surface area contributed by atoms with Crippen molar-refractivity contribution < 1.29 is 4.79 Å². The van der Waals surface area contributed by atoms with E-state index >= 15 is 0 Å². The Morgan fingerprint density at radius 3 is 2.89 bits per heavy atom. The van der Waals surface area contributed by atoms with Gasteiger partial charge in [0.15, 0.2) is 5.16 Å². The highest BCUT2D eigenvalue weighted by Gasteiger charge is 2.28. The number of aromatic nitrogens is 2. The number of carbonyl (C=O) groups excluding carboxylic acids is 1. The van der Waals surface area contributed by atoms with E-state index in [-0.39, 0.29) is 16.7 Å². The Morgan fingerprint density at radius 1 is 1.29 bits per heavy atom. The molecule has 0 bridgehead atoms. The van der Waals surface area contributed by atoms with Gasteiger partial charge in [-0.25, -0.2) is 4.98 Å². The molecule has 7 heteroatoms. The van der Waals surface area contributed by atoms with Crippen LogP contribution >= 0.6 is 23.1 Å². The summed E-state index contributed by atoms with van der Waals surface area (Å²) < 4.78 is 1.83. The first-order valence-electron chi connectivity index (χ1n) is 10.4. The van der Waals surface area contributed by atoms with Gasteiger partial charge in [0.2, 0.25) is 5.91 Å². The summed E-state index contributed by atoms with van der Waals surface area (Å²) in [6.45, 7) is 7.91. The van der Waals surface area contributed by atoms with E-state index in [4.69, 9.17) is 4.98 Å². The SMILES string of the molecule is CC(C)Cn1c(SC2CCCCNC2=O)nc2sc3c(c2c1=O)CCC(C)C3. The van der Waals surface area contributed by atoms with Gasteiger partial charge in [-0.2, -0.15) is 0 Å². The molecule has 5 nitrogen and oxygen atoms in total. The number of nitrogens with one attached hydrogen (secondary N) is 1. The van der Waals surface area contributed by atoms with Gasteiger partial charge in [-0.15, -0.1) is 11.3 Å². The Balaban J connectivity index is 1.80. The Bertz CT molecular complexity index is 947. The fourth-order valence-corrected chi connectivity index (χ4v) is 6.76. The minimum Gasteiger partial charge on any atom is -0.355 e. The molecule has 1 fully saturated rings. The van der Waals surface area contributed by atoms with Crippen molar-refractivity contribution in [3.8, 4) is 0 Å². The second-order valence-electron chi connectivity index (χ2n) is 8.63. The third kappa shape index (κ3) is 3.88. The number of hydrogen-bond donors (Lipinski definition) is 1. The van der Waals surface area contributed by atoms with E-state index in [0.29, 0.717) is 23.5 Å². The summed E-state index contributed by atoms with van der Waals surface area (Å²) in [5.74, 6) is 1.09. The molecule has 1 saturated heterocycles. The van der Waals surface area contributed by atoms with Crippen LogP contribution in [0.2, 0.25) is 0 Å². The van der Waals surface area contributed by atoms with E-state index in [1.54, 1.807) is 11.3 Å². The van der Waals surface area contributed by atoms with Crippen LogP contribution in [0.25, 0.3) is 10.2 Å². The summed E-state index contributed by atoms with van der Waals surface area (Å²) in [7, 11) is 0. The van der Waals surface area contributed by atoms with Crippen molar-refractivity contribution in [1.82, 2.24) is 14.9 Å². The fourth-order valence-electron chi connectivity index (χ4n) is 4.17. The van der Waals surface area contributed by atoms with E-state index in [1.165, 1.54) is 22.2 Å². The zero-order chi connectivity index (χ0) is 19.8. The Morgan fingerprint density at radius 2 is 2.11 bits per heavy atom. The molecule has 1 aliphatic carbocycles. The topological polar surface area (TPSA) is 64.0 Å². The molecular formula is C21H29N3O2S2. The quantitative estimate of drug-likeness (QED) is 0.761. The molecule has 2 aromatic rings. The van der Waals surface area contributed by atoms with Crippen LogP contribution in [0.1, 0.15) is 56.9 Å². The van der Waals surface area contributed by atoms with Gasteiger partial charge in [0.25, 0.3) is 5.56 Å². The maximum absolute atomic E-state index is 13.5. The molecule has 2 aliphatic rings. The summed E-state index contributed by atoms with van der Waals surface area (Å²) in [5.41, 5.74) is 1.32. The molecular weight excluding hydrogens is 390 g/mol. The van der Waals surface area contributed by atoms with Crippen molar-refractivity contribution in [3.05, 3.63) is 20.8 Å². The molecule has 3 heterocycles. The van der Waals surface area contributed by atoms with Gasteiger partial charge in [0, 0.05) is 18.0 Å². The fraction of sp³-hybridized carbons (Fsp3) is 0.667. The van der Waals surface area contributed by atoms with Crippen molar-refractivity contribution in [2.75, 3.05) is 6.54 Å². The number of thioether (sulfide) groups is 1. The molecule has 0 aromatic carbocycles. The predicted octanol–water partition coefficient (Wildman–Crippen LogP) is 4.00. The molecule has 4 rings (SSSR count). The average Bonchev–Trinajstić information content (AvgIpc) is 2.87. The summed E-state index contributed by atoms with van der Waals surface area (Å²) in [6, 6.07) is 0. The molecule has 0 radical (unpaired) electrons. The minimum atomic E-state index is -0.167. The summed E-state index contributed by atoms with van der Waals surface area (Å²) >= 11 is 3.16. The zero-order valence-corrected chi connectivity index (χ0v) is 18.5. The summed E-state index contributed by atoms with van der Waals surface area (Å²) in [6.07, 6.45) is 6.05. The lowest BCUT2D eigenvalue weighted by molar-refractivity contribution is -0.120. The molecule has 0 saturated carbocycles. The average molecular weight is 420 g/mol. The number of amides is 1. The molecule has 1 N–H and O–H groups in total. The highest BCUT2D eigenvalue weighted by molar-refractivity contribution is 8.00. The van der Waals surface area contributed by atoms with E-state index in [0.717, 1.165) is 55.3 Å². The van der Waals surface area contributed by atoms with Gasteiger partial charge in [-0.1, -0.05) is 39.0 Å². The second kappa shape index (κ2) is 8.19. The Kier molecular flexibility index (Phi) is 5.83. The van der Waals surface area contributed by atoms with Crippen molar-refractivity contribution in [2.45, 2.75) is 76.2 Å². The minimum absolute atomic E-state index is 0.0761. The van der Waals surface area contributed by atoms with Crippen LogP contribution in [0, 0.1) is 11.8 Å². The molecule has 1 aliphatic heterocycles. The third-order valence-electron chi connectivity index (χ3n) is 5.66. The number of thiophene rings is 1. The standard InChI is InChI=1S/C21H29N3O2S2/c1-12(2)11-24-20(26)17-14-8-7-13(3)10-16(14)27-19(17)23-21(24)28-15-6-4-5-9-22-18(15)25/h12-13,15H,4-11H2,1-3H3,(H,22,25). The number of rotatable bonds is 4. The van der Waals surface area contributed by atoms with Gasteiger partial charge < -0.3 is 5.32 Å². The Labute approximate surface area is 174 Å². The second-order valence-corrected chi connectivity index (χ2v) is 10.9. The summed E-state index contributed by atoms with van der Waals surface area (Å²) in [4.78, 5) is 33.1. The van der Waals surface area contributed by atoms with Crippen molar-refractivity contribution in [1.29, 1.82) is 0 Å². The highest BCUT2D eigenvalue weighted by Crippen LogP contribution is 2.37. The number of aryl methyl sites for hydroxylation is 1. The number of hydrogen-bond acceptors (Lipinski definition) is 5. The van der Waals surface area contributed by atoms with Crippen molar-refractivity contribution in [3.63, 3.8) is 0 Å². The van der Waals surface area contributed by atoms with Crippen LogP contribution in [-0.2, 0) is 24.2 Å². The molecule has 2 aromatic heterocycles. The van der Waals surface area contributed by atoms with E-state index in [2.05, 4.69) is 26.1 Å². The molecule has 152 valence electrons. The van der Waals surface area contributed by atoms with Crippen LogP contribution in [0.15, 0.2) is 9.95 Å². The van der Waals surface area contributed by atoms with Gasteiger partial charge in [0.1, 0.15) is 4.83 Å². The van der Waals surface area contributed by atoms with E-state index in [9.17, 15) is 9.59 Å². The lowest BCUT2D eigenvalue weighted by Crippen LogP contribution is -2.32. The van der Waals surface area contributed by atoms with Crippen LogP contribution in [-0.4, -0.2) is 27.3 Å². The predicted molar refractivity (Wildman–Crippen MR) is 116 cm³/mol. The molecule has 0 spiro atoms. The van der Waals surface area contributed by atoms with Crippen LogP contribution in [0.4, 0.5) is 0 Å². The largest absolute Gasteiger partial charge is 0.355 e. The van der Waals surface area contributed by atoms with Gasteiger partial charge in [-0.3, -0.25) is 14.2 Å². The van der Waals surface area contributed by atoms with Crippen LogP contribution < -0.4 is 10.9 Å². The van der Waals surface area contributed by atoms with Gasteiger partial charge >= 0.3 is 0 Å². The van der Waals surface area contributed by atoms with Crippen molar-refractivity contribution in [2.24, 2.45) is 11.8 Å². The van der Waals surface area contributed by atoms with Gasteiger partial charge in [-0.05, 0) is 49.5 Å². The zero-order valence-electron chi connectivity index (χ0n) is 16.9. The lowest BCUT2D eigenvalue weighted by Gasteiger charge is -2.19. The normalized spacial score (nSPS) is 22.9. The Hall–Kier alpha value is -1.34. The van der Waals surface area contributed by atoms with Crippen LogP contribution in [0.3, 0.4) is 0 Å². The maximum atomic E-state index is 13.5. The van der Waals surface area contributed by atoms with E-state index < -0.39 is 0 Å². The highest BCUT2D eigenvalue weighted by atomic mass is 32.2. The number of nitrogens with zero attached hydrogens (tertiary/aromatic N) is 2. The maximum Gasteiger partial charge on any atom is 0.263 e. The van der Waals surface area contributed by atoms with Gasteiger partial charge in [0.05, 0.1) is 10.6 Å². The molecule has 2 atom stereocenters. The van der Waals surface area contributed by atoms with Crippen molar-refractivity contribution >= 4 is 39.2 Å². The number of carbonyl (C=O) groups is 1. The van der Waals surface area contributed by atoms with E-state index in [1.807, 2.05) is 4.57 Å². The monoisotopic (exact) mass is 419 g/mol.